The molecule has 2 unspecified atom stereocenters. The van der Waals surface area contributed by atoms with Gasteiger partial charge in [-0.3, -0.25) is 14.5 Å². The molecule has 2 aromatic carbocycles. The third-order valence-electron chi connectivity index (χ3n) is 6.76. The zero-order valence-corrected chi connectivity index (χ0v) is 19.7. The fraction of sp³-hybridized carbons (Fsp3) is 0.360. The molecule has 0 aromatic heterocycles. The number of benzene rings is 2. The van der Waals surface area contributed by atoms with Gasteiger partial charge in [0.2, 0.25) is 5.91 Å². The minimum Gasteiger partial charge on any atom is -0.359 e. The summed E-state index contributed by atoms with van der Waals surface area (Å²) in [6.45, 7) is 0. The van der Waals surface area contributed by atoms with Crippen LogP contribution >= 0.6 is 12.2 Å². The highest BCUT2D eigenvalue weighted by Gasteiger charge is 2.60. The van der Waals surface area contributed by atoms with E-state index >= 15 is 0 Å². The monoisotopic (exact) mass is 500 g/mol. The molecule has 2 atom stereocenters. The SMILES string of the molecule is CNC(=O)CCCc1ccc(C2CCC23NC(=S)N(c2ccc(C#N)c(C(F)(F)F)c2)C3=O)cc1. The first kappa shape index (κ1) is 24.7. The van der Waals surface area contributed by atoms with Crippen LogP contribution in [0.2, 0.25) is 0 Å². The molecule has 35 heavy (non-hydrogen) atoms. The predicted octanol–water partition coefficient (Wildman–Crippen LogP) is 4.18. The highest BCUT2D eigenvalue weighted by molar-refractivity contribution is 7.80. The standard InChI is InChI=1S/C25H23F3N4O2S/c1-30-21(33)4-2-3-15-5-7-16(8-6-15)19-11-12-24(19)22(34)32(23(35)31-24)18-10-9-17(14-29)20(13-18)25(26,27)28/h5-10,13,19H,2-4,11-12H2,1H3,(H,30,33)(H,31,35). The zero-order chi connectivity index (χ0) is 25.4. The van der Waals surface area contributed by atoms with E-state index in [1.165, 1.54) is 6.07 Å². The van der Waals surface area contributed by atoms with Crippen molar-refractivity contribution in [3.63, 3.8) is 0 Å². The quantitative estimate of drug-likeness (QED) is 0.582. The number of rotatable bonds is 6. The molecule has 0 radical (unpaired) electrons. The number of aryl methyl sites for hydroxylation is 1. The molecule has 1 saturated heterocycles. The first-order valence-electron chi connectivity index (χ1n) is 11.2. The normalized spacial score (nSPS) is 21.5. The summed E-state index contributed by atoms with van der Waals surface area (Å²) in [4.78, 5) is 26.0. The van der Waals surface area contributed by atoms with Crippen molar-refractivity contribution in [2.24, 2.45) is 0 Å². The first-order valence-corrected chi connectivity index (χ1v) is 11.6. The van der Waals surface area contributed by atoms with Crippen LogP contribution in [0.5, 0.6) is 0 Å². The maximum absolute atomic E-state index is 13.5. The number of carbonyl (C=O) groups is 2. The second kappa shape index (κ2) is 9.30. The molecule has 2 aliphatic rings. The van der Waals surface area contributed by atoms with Crippen LogP contribution < -0.4 is 15.5 Å². The summed E-state index contributed by atoms with van der Waals surface area (Å²) >= 11 is 5.36. The lowest BCUT2D eigenvalue weighted by Gasteiger charge is -2.45. The topological polar surface area (TPSA) is 85.2 Å². The second-order valence-electron chi connectivity index (χ2n) is 8.74. The molecule has 2 amide bonds. The number of carbonyl (C=O) groups excluding carboxylic acids is 2. The minimum absolute atomic E-state index is 0.00556. The van der Waals surface area contributed by atoms with E-state index in [-0.39, 0.29) is 22.6 Å². The average molecular weight is 501 g/mol. The molecule has 10 heteroatoms. The van der Waals surface area contributed by atoms with Crippen molar-refractivity contribution in [2.45, 2.75) is 49.7 Å². The molecular weight excluding hydrogens is 477 g/mol. The van der Waals surface area contributed by atoms with Crippen molar-refractivity contribution in [3.05, 3.63) is 64.7 Å². The lowest BCUT2D eigenvalue weighted by Crippen LogP contribution is -2.58. The van der Waals surface area contributed by atoms with Crippen LogP contribution in [-0.4, -0.2) is 29.5 Å². The molecule has 1 spiro atoms. The Morgan fingerprint density at radius 3 is 2.57 bits per heavy atom. The van der Waals surface area contributed by atoms with E-state index in [9.17, 15) is 22.8 Å². The molecule has 2 fully saturated rings. The van der Waals surface area contributed by atoms with E-state index in [0.29, 0.717) is 12.8 Å². The van der Waals surface area contributed by atoms with Crippen LogP contribution in [-0.2, 0) is 22.2 Å². The van der Waals surface area contributed by atoms with Crippen molar-refractivity contribution in [3.8, 4) is 6.07 Å². The third kappa shape index (κ3) is 4.48. The van der Waals surface area contributed by atoms with E-state index in [1.807, 2.05) is 24.3 Å². The molecule has 6 nitrogen and oxygen atoms in total. The van der Waals surface area contributed by atoms with Gasteiger partial charge in [-0.1, -0.05) is 24.3 Å². The summed E-state index contributed by atoms with van der Waals surface area (Å²) in [5.74, 6) is -0.585. The van der Waals surface area contributed by atoms with Gasteiger partial charge >= 0.3 is 6.18 Å². The number of hydrogen-bond donors (Lipinski definition) is 2. The number of nitrogens with one attached hydrogen (secondary N) is 2. The minimum atomic E-state index is -4.74. The number of anilines is 1. The Balaban J connectivity index is 1.54. The van der Waals surface area contributed by atoms with Gasteiger partial charge in [-0.05, 0) is 67.2 Å². The van der Waals surface area contributed by atoms with Gasteiger partial charge in [0.15, 0.2) is 5.11 Å². The van der Waals surface area contributed by atoms with E-state index in [1.54, 1.807) is 13.1 Å². The number of amides is 2. The van der Waals surface area contributed by atoms with E-state index in [4.69, 9.17) is 17.5 Å². The van der Waals surface area contributed by atoms with Crippen LogP contribution in [0.25, 0.3) is 0 Å². The third-order valence-corrected chi connectivity index (χ3v) is 7.04. The van der Waals surface area contributed by atoms with Gasteiger partial charge in [0.05, 0.1) is 22.9 Å². The van der Waals surface area contributed by atoms with Crippen LogP contribution in [0.4, 0.5) is 18.9 Å². The summed E-state index contributed by atoms with van der Waals surface area (Å²) in [7, 11) is 1.60. The molecular formula is C25H23F3N4O2S. The molecule has 1 saturated carbocycles. The Hall–Kier alpha value is -3.45. The largest absolute Gasteiger partial charge is 0.417 e. The van der Waals surface area contributed by atoms with Crippen LogP contribution in [0.1, 0.15) is 53.9 Å². The molecule has 2 N–H and O–H groups in total. The summed E-state index contributed by atoms with van der Waals surface area (Å²) in [5.41, 5.74) is -0.638. The highest BCUT2D eigenvalue weighted by Crippen LogP contribution is 2.50. The number of nitriles is 1. The molecule has 4 rings (SSSR count). The molecule has 1 heterocycles. The van der Waals surface area contributed by atoms with Crippen LogP contribution in [0.15, 0.2) is 42.5 Å². The maximum Gasteiger partial charge on any atom is 0.417 e. The van der Waals surface area contributed by atoms with Gasteiger partial charge in [0.25, 0.3) is 5.91 Å². The van der Waals surface area contributed by atoms with Crippen molar-refractivity contribution >= 4 is 34.8 Å². The zero-order valence-electron chi connectivity index (χ0n) is 18.9. The smallest absolute Gasteiger partial charge is 0.359 e. The lowest BCUT2D eigenvalue weighted by atomic mass is 9.63. The van der Waals surface area contributed by atoms with Crippen molar-refractivity contribution in [1.29, 1.82) is 5.26 Å². The Bertz CT molecular complexity index is 1220. The summed E-state index contributed by atoms with van der Waals surface area (Å²) < 4.78 is 40.4. The first-order chi connectivity index (χ1) is 16.6. The van der Waals surface area contributed by atoms with Gasteiger partial charge in [0.1, 0.15) is 5.54 Å². The number of thiocarbonyl (C=S) groups is 1. The summed E-state index contributed by atoms with van der Waals surface area (Å²) in [6.07, 6.45) is -1.59. The fourth-order valence-electron chi connectivity index (χ4n) is 4.76. The van der Waals surface area contributed by atoms with E-state index in [2.05, 4.69) is 10.6 Å². The predicted molar refractivity (Wildman–Crippen MR) is 128 cm³/mol. The average Bonchev–Trinajstić information content (AvgIpc) is 3.10. The Labute approximate surface area is 206 Å². The Kier molecular flexibility index (Phi) is 6.56. The number of hydrogen-bond acceptors (Lipinski definition) is 4. The Morgan fingerprint density at radius 1 is 1.29 bits per heavy atom. The van der Waals surface area contributed by atoms with E-state index < -0.39 is 28.7 Å². The number of halogens is 3. The van der Waals surface area contributed by atoms with Gasteiger partial charge in [-0.15, -0.1) is 0 Å². The van der Waals surface area contributed by atoms with Crippen molar-refractivity contribution in [2.75, 3.05) is 11.9 Å². The van der Waals surface area contributed by atoms with Crippen LogP contribution in [0, 0.1) is 11.3 Å². The fourth-order valence-corrected chi connectivity index (χ4v) is 5.13. The Morgan fingerprint density at radius 2 is 2.00 bits per heavy atom. The van der Waals surface area contributed by atoms with Gasteiger partial charge in [0, 0.05) is 19.4 Å². The molecule has 1 aliphatic carbocycles. The molecule has 0 bridgehead atoms. The van der Waals surface area contributed by atoms with Crippen molar-refractivity contribution in [1.82, 2.24) is 10.6 Å². The maximum atomic E-state index is 13.5. The number of alkyl halides is 3. The van der Waals surface area contributed by atoms with Crippen LogP contribution in [0.3, 0.4) is 0 Å². The molecule has 182 valence electrons. The summed E-state index contributed by atoms with van der Waals surface area (Å²) in [5, 5.41) is 14.8. The number of nitrogens with zero attached hydrogens (tertiary/aromatic N) is 2. The molecule has 1 aliphatic heterocycles. The van der Waals surface area contributed by atoms with Gasteiger partial charge in [-0.2, -0.15) is 18.4 Å². The van der Waals surface area contributed by atoms with Gasteiger partial charge in [-0.25, -0.2) is 0 Å². The van der Waals surface area contributed by atoms with Crippen molar-refractivity contribution < 1.29 is 22.8 Å². The molecule has 2 aromatic rings. The van der Waals surface area contributed by atoms with Gasteiger partial charge < -0.3 is 10.6 Å². The lowest BCUT2D eigenvalue weighted by molar-refractivity contribution is -0.137. The second-order valence-corrected chi connectivity index (χ2v) is 9.13. The highest BCUT2D eigenvalue weighted by atomic mass is 32.1. The summed E-state index contributed by atoms with van der Waals surface area (Å²) in [6, 6.07) is 12.5. The van der Waals surface area contributed by atoms with E-state index in [0.717, 1.165) is 47.4 Å².